The van der Waals surface area contributed by atoms with Crippen LogP contribution in [0.5, 0.6) is 0 Å². The van der Waals surface area contributed by atoms with Crippen molar-refractivity contribution in [1.29, 1.82) is 0 Å². The van der Waals surface area contributed by atoms with Gasteiger partial charge in [0.1, 0.15) is 11.2 Å². The molecule has 2 fully saturated rings. The number of aromatic nitrogens is 1. The quantitative estimate of drug-likeness (QED) is 0.137. The van der Waals surface area contributed by atoms with Gasteiger partial charge in [-0.1, -0.05) is 228 Å². The Bertz CT molecular complexity index is 5760. The first kappa shape index (κ1) is 55.8. The van der Waals surface area contributed by atoms with Gasteiger partial charge >= 0.3 is 0 Å². The third-order valence-electron chi connectivity index (χ3n) is 23.1. The van der Waals surface area contributed by atoms with Crippen LogP contribution in [0.25, 0.3) is 104 Å². The van der Waals surface area contributed by atoms with Gasteiger partial charge in [0, 0.05) is 55.1 Å². The maximum Gasteiger partial charge on any atom is 0.159 e. The second-order valence-electron chi connectivity index (χ2n) is 28.0. The summed E-state index contributed by atoms with van der Waals surface area (Å²) in [6.07, 6.45) is 14.3. The monoisotopic (exact) mass is 1240 g/mol. The van der Waals surface area contributed by atoms with E-state index < -0.39 is 5.41 Å². The van der Waals surface area contributed by atoms with Crippen LogP contribution < -0.4 is 9.80 Å². The molecule has 5 heteroatoms. The number of furan rings is 2. The van der Waals surface area contributed by atoms with Crippen LogP contribution in [0.3, 0.4) is 0 Å². The molecule has 1 aliphatic heterocycles. The number of hydrogen-bond donors (Lipinski definition) is 0. The van der Waals surface area contributed by atoms with E-state index in [4.69, 9.17) is 8.83 Å². The highest BCUT2D eigenvalue weighted by Gasteiger charge is 2.52. The van der Waals surface area contributed by atoms with Crippen LogP contribution in [-0.4, -0.2) is 4.57 Å². The number of fused-ring (bicyclic) bond motifs is 22. The minimum atomic E-state index is -0.769. The maximum atomic E-state index is 7.55. The smallest absolute Gasteiger partial charge is 0.159 e. The number of rotatable bonds is 10. The molecule has 0 saturated heterocycles. The largest absolute Gasteiger partial charge is 0.454 e. The lowest BCUT2D eigenvalue weighted by atomic mass is 9.65. The molecule has 20 rings (SSSR count). The topological polar surface area (TPSA) is 37.7 Å². The Hall–Kier alpha value is -10.6. The Balaban J connectivity index is 0.913. The van der Waals surface area contributed by atoms with E-state index in [1.54, 1.807) is 0 Å². The summed E-state index contributed by atoms with van der Waals surface area (Å²) < 4.78 is 17.6. The summed E-state index contributed by atoms with van der Waals surface area (Å²) in [5.41, 5.74) is 26.0. The fraction of sp³-hybridized carbons (Fsp3) is 0.187. The van der Waals surface area contributed by atoms with Crippen LogP contribution in [0.15, 0.2) is 258 Å². The van der Waals surface area contributed by atoms with Gasteiger partial charge in [0.2, 0.25) is 0 Å². The molecular formula is C91H73N3O2. The van der Waals surface area contributed by atoms with Gasteiger partial charge in [0.25, 0.3) is 0 Å². The van der Waals surface area contributed by atoms with Crippen LogP contribution in [0, 0.1) is 0 Å². The van der Waals surface area contributed by atoms with Crippen LogP contribution in [-0.2, 0) is 18.3 Å². The van der Waals surface area contributed by atoms with Gasteiger partial charge in [-0.2, -0.15) is 0 Å². The maximum absolute atomic E-state index is 7.55. The zero-order valence-corrected chi connectivity index (χ0v) is 54.5. The van der Waals surface area contributed by atoms with Gasteiger partial charge in [-0.15, -0.1) is 0 Å². The molecule has 16 aromatic rings. The number of aryl methyl sites for hydroxylation is 2. The molecule has 0 amide bonds. The van der Waals surface area contributed by atoms with Gasteiger partial charge in [0.05, 0.1) is 33.5 Å². The molecular weight excluding hydrogens is 1170 g/mol. The lowest BCUT2D eigenvalue weighted by Crippen LogP contribution is -2.33. The Kier molecular flexibility index (Phi) is 12.6. The molecule has 464 valence electrons. The normalized spacial score (nSPS) is 15.3. The summed E-state index contributed by atoms with van der Waals surface area (Å²) in [6, 6.07) is 95.5. The standard InChI is InChI=1S/C91H73N3O2/c1-3-56-39-45-62(46-40-56)92(82-37-19-33-72-70-31-17-29-68(87(70)95-89(72)82)58-21-7-5-8-22-58)64-49-52-80-74(53-64)75-54-65(93(63-47-41-57(4-2)42-48-63)83-38-20-34-73-71-32-18-30-69(88(71)96-90(73)83)59-23-9-6-10-24-59)55-79-86(75)94(80)81-36-16-15-35-76(81)91(79)77-50-43-60-25-11-13-27-66(60)84(77)85-67-28-14-12-26-61(67)44-51-78(85)91/h11-20,25-55,58-59H,3-10,21-24H2,1-2H3. The van der Waals surface area contributed by atoms with E-state index in [1.165, 1.54) is 174 Å². The summed E-state index contributed by atoms with van der Waals surface area (Å²) in [6.45, 7) is 4.49. The fourth-order valence-electron chi connectivity index (χ4n) is 18.6. The highest BCUT2D eigenvalue weighted by atomic mass is 16.3. The fourth-order valence-corrected chi connectivity index (χ4v) is 18.6. The first-order chi connectivity index (χ1) is 47.5. The molecule has 3 aromatic heterocycles. The average molecular weight is 1240 g/mol. The van der Waals surface area contributed by atoms with E-state index in [9.17, 15) is 0 Å². The SMILES string of the molecule is CCc1ccc(N(c2ccc3c(c2)c2cc(N(c4ccc(CC)cc4)c4cccc5c4oc4c(C6CCCCC6)cccc45)cc4c2n3-c2ccccc2C42c3ccc4ccccc4c3-c3c2ccc2ccccc32)c2cccc3c2oc2c(C4CCCCC4)cccc23)cc1. The van der Waals surface area contributed by atoms with E-state index >= 15 is 0 Å². The minimum absolute atomic E-state index is 0.477. The van der Waals surface area contributed by atoms with Gasteiger partial charge in [-0.05, 0) is 200 Å². The zero-order valence-electron chi connectivity index (χ0n) is 54.5. The van der Waals surface area contributed by atoms with Crippen molar-refractivity contribution in [2.75, 3.05) is 9.80 Å². The van der Waals surface area contributed by atoms with Gasteiger partial charge in [-0.25, -0.2) is 0 Å². The molecule has 4 aliphatic rings. The van der Waals surface area contributed by atoms with Crippen LogP contribution in [0.1, 0.15) is 134 Å². The van der Waals surface area contributed by atoms with E-state index in [0.29, 0.717) is 11.8 Å². The van der Waals surface area contributed by atoms with Gasteiger partial charge < -0.3 is 23.2 Å². The third kappa shape index (κ3) is 8.03. The molecule has 5 nitrogen and oxygen atoms in total. The number of hydrogen-bond acceptors (Lipinski definition) is 4. The van der Waals surface area contributed by atoms with Crippen molar-refractivity contribution >= 4 is 121 Å². The minimum Gasteiger partial charge on any atom is -0.454 e. The predicted octanol–water partition coefficient (Wildman–Crippen LogP) is 25.7. The summed E-state index contributed by atoms with van der Waals surface area (Å²) in [7, 11) is 0. The van der Waals surface area contributed by atoms with E-state index in [1.807, 2.05) is 0 Å². The number of benzene rings is 13. The highest BCUT2D eigenvalue weighted by molar-refractivity contribution is 6.20. The van der Waals surface area contributed by atoms with Gasteiger partial charge in [0.15, 0.2) is 11.2 Å². The Labute approximate surface area is 559 Å². The first-order valence-electron chi connectivity index (χ1n) is 35.5. The van der Waals surface area contributed by atoms with Crippen LogP contribution >= 0.6 is 0 Å². The van der Waals surface area contributed by atoms with Crippen molar-refractivity contribution in [3.63, 3.8) is 0 Å². The molecule has 1 spiro atoms. The van der Waals surface area contributed by atoms with Crippen molar-refractivity contribution in [2.45, 2.75) is 108 Å². The average Bonchev–Trinajstić information content (AvgIpc) is 1.47. The number of para-hydroxylation sites is 5. The first-order valence-corrected chi connectivity index (χ1v) is 35.5. The lowest BCUT2D eigenvalue weighted by Gasteiger charge is -2.40. The summed E-state index contributed by atoms with van der Waals surface area (Å²) in [5.74, 6) is 0.970. The van der Waals surface area contributed by atoms with Crippen LogP contribution in [0.2, 0.25) is 0 Å². The van der Waals surface area contributed by atoms with Crippen molar-refractivity contribution in [2.24, 2.45) is 0 Å². The number of anilines is 6. The second-order valence-corrected chi connectivity index (χ2v) is 28.0. The summed E-state index contributed by atoms with van der Waals surface area (Å²) in [4.78, 5) is 5.00. The molecule has 0 unspecified atom stereocenters. The van der Waals surface area contributed by atoms with Crippen molar-refractivity contribution in [3.8, 4) is 16.8 Å². The van der Waals surface area contributed by atoms with Crippen molar-refractivity contribution in [1.82, 2.24) is 4.57 Å². The van der Waals surface area contributed by atoms with E-state index in [0.717, 1.165) is 85.6 Å². The van der Waals surface area contributed by atoms with Gasteiger partial charge in [-0.3, -0.25) is 0 Å². The second kappa shape index (κ2) is 21.7. The van der Waals surface area contributed by atoms with Crippen molar-refractivity contribution < 1.29 is 8.83 Å². The summed E-state index contributed by atoms with van der Waals surface area (Å²) in [5, 5.41) is 12.0. The highest BCUT2D eigenvalue weighted by Crippen LogP contribution is 2.65. The molecule has 96 heavy (non-hydrogen) atoms. The van der Waals surface area contributed by atoms with E-state index in [2.05, 4.69) is 277 Å². The lowest BCUT2D eigenvalue weighted by molar-refractivity contribution is 0.442. The molecule has 0 bridgehead atoms. The Morgan fingerprint density at radius 1 is 0.354 bits per heavy atom. The molecule has 0 radical (unpaired) electrons. The molecule has 0 atom stereocenters. The van der Waals surface area contributed by atoms with E-state index in [-0.39, 0.29) is 0 Å². The zero-order chi connectivity index (χ0) is 63.3. The Morgan fingerprint density at radius 2 is 0.812 bits per heavy atom. The van der Waals surface area contributed by atoms with Crippen molar-refractivity contribution in [3.05, 3.63) is 293 Å². The number of nitrogens with zero attached hydrogens (tertiary/aromatic N) is 3. The summed E-state index contributed by atoms with van der Waals surface area (Å²) >= 11 is 0. The molecule has 3 aliphatic carbocycles. The predicted molar refractivity (Wildman–Crippen MR) is 401 cm³/mol. The Morgan fingerprint density at radius 3 is 1.35 bits per heavy atom. The molecule has 0 N–H and O–H groups in total. The molecule has 13 aromatic carbocycles. The molecule has 4 heterocycles. The third-order valence-corrected chi connectivity index (χ3v) is 23.1. The molecule has 2 saturated carbocycles. The van der Waals surface area contributed by atoms with Crippen LogP contribution in [0.4, 0.5) is 34.1 Å².